The van der Waals surface area contributed by atoms with Gasteiger partial charge in [-0.3, -0.25) is 0 Å². The quantitative estimate of drug-likeness (QED) is 0.854. The summed E-state index contributed by atoms with van der Waals surface area (Å²) < 4.78 is 5.94. The van der Waals surface area contributed by atoms with Gasteiger partial charge in [-0.25, -0.2) is 0 Å². The summed E-state index contributed by atoms with van der Waals surface area (Å²) in [5.74, 6) is 1.00. The van der Waals surface area contributed by atoms with Crippen LogP contribution in [0.4, 0.5) is 5.69 Å². The Morgan fingerprint density at radius 2 is 2.26 bits per heavy atom. The number of anilines is 1. The summed E-state index contributed by atoms with van der Waals surface area (Å²) in [6, 6.07) is 7.89. The fourth-order valence-electron chi connectivity index (χ4n) is 2.68. The van der Waals surface area contributed by atoms with E-state index in [9.17, 15) is 0 Å². The Bertz CT molecular complexity index is 442. The fourth-order valence-corrected chi connectivity index (χ4v) is 2.68. The first-order chi connectivity index (χ1) is 9.24. The second-order valence-electron chi connectivity index (χ2n) is 5.91. The summed E-state index contributed by atoms with van der Waals surface area (Å²) in [5.41, 5.74) is 2.53. The van der Waals surface area contributed by atoms with Crippen LogP contribution in [0, 0.1) is 0 Å². The Hall–Kier alpha value is -1.22. The minimum absolute atomic E-state index is 0.314. The number of fused-ring (bicyclic) bond motifs is 1. The molecule has 3 rings (SSSR count). The Labute approximate surface area is 115 Å². The van der Waals surface area contributed by atoms with Gasteiger partial charge < -0.3 is 15.4 Å². The first-order valence-electron chi connectivity index (χ1n) is 7.54. The standard InChI is InChI=1S/C16H24N2O/c1-3-14-10-17-15-9-12(4-7-16(15)19-14)8-11(2)18-13-5-6-13/h4,7,9,11,13-14,17-18H,3,5-6,8,10H2,1-2H3. The second-order valence-corrected chi connectivity index (χ2v) is 5.91. The predicted molar refractivity (Wildman–Crippen MR) is 79.0 cm³/mol. The van der Waals surface area contributed by atoms with Gasteiger partial charge in [0.2, 0.25) is 0 Å². The van der Waals surface area contributed by atoms with E-state index in [1.807, 2.05) is 0 Å². The molecular formula is C16H24N2O. The van der Waals surface area contributed by atoms with Crippen LogP contribution < -0.4 is 15.4 Å². The number of rotatable bonds is 5. The van der Waals surface area contributed by atoms with Gasteiger partial charge in [0.25, 0.3) is 0 Å². The van der Waals surface area contributed by atoms with Gasteiger partial charge in [0, 0.05) is 12.1 Å². The average Bonchev–Trinajstić information content (AvgIpc) is 3.21. The summed E-state index contributed by atoms with van der Waals surface area (Å²) in [7, 11) is 0. The van der Waals surface area contributed by atoms with Crippen molar-refractivity contribution < 1.29 is 4.74 Å². The van der Waals surface area contributed by atoms with E-state index in [4.69, 9.17) is 4.74 Å². The Kier molecular flexibility index (Phi) is 3.65. The van der Waals surface area contributed by atoms with Gasteiger partial charge in [-0.15, -0.1) is 0 Å². The highest BCUT2D eigenvalue weighted by atomic mass is 16.5. The molecule has 0 radical (unpaired) electrons. The van der Waals surface area contributed by atoms with Crippen molar-refractivity contribution in [2.24, 2.45) is 0 Å². The third-order valence-corrected chi connectivity index (χ3v) is 3.95. The van der Waals surface area contributed by atoms with E-state index in [0.717, 1.165) is 36.9 Å². The SMILES string of the molecule is CCC1CNc2cc(CC(C)NC3CC3)ccc2O1. The molecule has 1 aliphatic carbocycles. The molecule has 0 aromatic heterocycles. The van der Waals surface area contributed by atoms with Crippen LogP contribution in [0.1, 0.15) is 38.7 Å². The first kappa shape index (κ1) is 12.8. The van der Waals surface area contributed by atoms with Crippen LogP contribution >= 0.6 is 0 Å². The maximum atomic E-state index is 5.94. The summed E-state index contributed by atoms with van der Waals surface area (Å²) in [4.78, 5) is 0. The lowest BCUT2D eigenvalue weighted by atomic mass is 10.0. The van der Waals surface area contributed by atoms with Crippen molar-refractivity contribution in [3.63, 3.8) is 0 Å². The van der Waals surface area contributed by atoms with Crippen molar-refractivity contribution in [2.45, 2.75) is 57.7 Å². The Morgan fingerprint density at radius 3 is 3.00 bits per heavy atom. The van der Waals surface area contributed by atoms with Crippen molar-refractivity contribution in [3.8, 4) is 5.75 Å². The van der Waals surface area contributed by atoms with E-state index >= 15 is 0 Å². The van der Waals surface area contributed by atoms with Crippen molar-refractivity contribution in [1.29, 1.82) is 0 Å². The van der Waals surface area contributed by atoms with E-state index in [0.29, 0.717) is 12.1 Å². The molecule has 1 saturated carbocycles. The molecule has 104 valence electrons. The zero-order chi connectivity index (χ0) is 13.2. The highest BCUT2D eigenvalue weighted by molar-refractivity contribution is 5.59. The van der Waals surface area contributed by atoms with Gasteiger partial charge >= 0.3 is 0 Å². The molecule has 1 aliphatic heterocycles. The maximum Gasteiger partial charge on any atom is 0.142 e. The molecule has 2 atom stereocenters. The zero-order valence-corrected chi connectivity index (χ0v) is 11.9. The molecule has 1 aromatic carbocycles. The number of hydrogen-bond acceptors (Lipinski definition) is 3. The smallest absolute Gasteiger partial charge is 0.142 e. The summed E-state index contributed by atoms with van der Waals surface area (Å²) >= 11 is 0. The van der Waals surface area contributed by atoms with Gasteiger partial charge in [-0.2, -0.15) is 0 Å². The Morgan fingerprint density at radius 1 is 1.42 bits per heavy atom. The summed E-state index contributed by atoms with van der Waals surface area (Å²) in [6.45, 7) is 5.36. The van der Waals surface area contributed by atoms with Gasteiger partial charge in [0.1, 0.15) is 11.9 Å². The number of ether oxygens (including phenoxy) is 1. The summed E-state index contributed by atoms with van der Waals surface area (Å²) in [5, 5.41) is 7.13. The minimum Gasteiger partial charge on any atom is -0.486 e. The molecule has 0 amide bonds. The van der Waals surface area contributed by atoms with E-state index in [-0.39, 0.29) is 0 Å². The van der Waals surface area contributed by atoms with Crippen LogP contribution in [0.3, 0.4) is 0 Å². The van der Waals surface area contributed by atoms with Crippen LogP contribution in [-0.4, -0.2) is 24.7 Å². The van der Waals surface area contributed by atoms with Crippen LogP contribution in [0.5, 0.6) is 5.75 Å². The average molecular weight is 260 g/mol. The topological polar surface area (TPSA) is 33.3 Å². The van der Waals surface area contributed by atoms with Crippen LogP contribution in [-0.2, 0) is 6.42 Å². The van der Waals surface area contributed by atoms with E-state index < -0.39 is 0 Å². The monoisotopic (exact) mass is 260 g/mol. The molecule has 0 saturated heterocycles. The predicted octanol–water partition coefficient (Wildman–Crippen LogP) is 2.95. The molecule has 2 unspecified atom stereocenters. The maximum absolute atomic E-state index is 5.94. The largest absolute Gasteiger partial charge is 0.486 e. The van der Waals surface area contributed by atoms with E-state index in [1.165, 1.54) is 18.4 Å². The van der Waals surface area contributed by atoms with Crippen molar-refractivity contribution in [2.75, 3.05) is 11.9 Å². The van der Waals surface area contributed by atoms with Gasteiger partial charge in [-0.05, 0) is 50.3 Å². The highest BCUT2D eigenvalue weighted by Crippen LogP contribution is 2.31. The molecule has 1 heterocycles. The van der Waals surface area contributed by atoms with E-state index in [2.05, 4.69) is 42.7 Å². The lowest BCUT2D eigenvalue weighted by Gasteiger charge is -2.27. The third kappa shape index (κ3) is 3.21. The van der Waals surface area contributed by atoms with Crippen molar-refractivity contribution >= 4 is 5.69 Å². The van der Waals surface area contributed by atoms with Crippen LogP contribution in [0.2, 0.25) is 0 Å². The fraction of sp³-hybridized carbons (Fsp3) is 0.625. The van der Waals surface area contributed by atoms with E-state index in [1.54, 1.807) is 0 Å². The van der Waals surface area contributed by atoms with Crippen LogP contribution in [0.15, 0.2) is 18.2 Å². The number of hydrogen-bond donors (Lipinski definition) is 2. The Balaban J connectivity index is 1.64. The molecule has 0 spiro atoms. The normalized spacial score (nSPS) is 23.2. The summed E-state index contributed by atoms with van der Waals surface area (Å²) in [6.07, 6.45) is 5.15. The second kappa shape index (κ2) is 5.41. The molecule has 19 heavy (non-hydrogen) atoms. The molecule has 1 fully saturated rings. The molecule has 2 aliphatic rings. The van der Waals surface area contributed by atoms with Gasteiger partial charge in [0.15, 0.2) is 0 Å². The van der Waals surface area contributed by atoms with Gasteiger partial charge in [-0.1, -0.05) is 13.0 Å². The van der Waals surface area contributed by atoms with Crippen LogP contribution in [0.25, 0.3) is 0 Å². The minimum atomic E-state index is 0.314. The number of benzene rings is 1. The molecule has 2 N–H and O–H groups in total. The molecule has 1 aromatic rings. The zero-order valence-electron chi connectivity index (χ0n) is 11.9. The molecule has 0 bridgehead atoms. The van der Waals surface area contributed by atoms with Crippen molar-refractivity contribution in [3.05, 3.63) is 23.8 Å². The first-order valence-corrected chi connectivity index (χ1v) is 7.54. The highest BCUT2D eigenvalue weighted by Gasteiger charge is 2.23. The van der Waals surface area contributed by atoms with Gasteiger partial charge in [0.05, 0.1) is 12.2 Å². The lowest BCUT2D eigenvalue weighted by Crippen LogP contribution is -2.31. The third-order valence-electron chi connectivity index (χ3n) is 3.95. The van der Waals surface area contributed by atoms with Crippen molar-refractivity contribution in [1.82, 2.24) is 5.32 Å². The number of nitrogens with one attached hydrogen (secondary N) is 2. The lowest BCUT2D eigenvalue weighted by molar-refractivity contribution is 0.202. The molecular weight excluding hydrogens is 236 g/mol. The molecule has 3 heteroatoms. The molecule has 3 nitrogen and oxygen atoms in total.